The maximum atomic E-state index is 12.1. The molecule has 22 heavy (non-hydrogen) atoms. The van der Waals surface area contributed by atoms with Crippen LogP contribution in [0, 0.1) is 6.92 Å². The Hall–Kier alpha value is -1.47. The van der Waals surface area contributed by atoms with Crippen molar-refractivity contribution >= 4 is 28.3 Å². The first-order valence-electron chi connectivity index (χ1n) is 7.69. The monoisotopic (exact) mass is 325 g/mol. The number of carbonyl (C=O) groups is 2. The average molecular weight is 325 g/mol. The van der Waals surface area contributed by atoms with Gasteiger partial charge in [0.15, 0.2) is 5.13 Å². The van der Waals surface area contributed by atoms with Crippen molar-refractivity contribution in [3.05, 3.63) is 10.6 Å². The summed E-state index contributed by atoms with van der Waals surface area (Å²) in [5.41, 5.74) is 0.588. The molecule has 1 aromatic heterocycles. The smallest absolute Gasteiger partial charge is 0.350 e. The Morgan fingerprint density at radius 3 is 2.91 bits per heavy atom. The van der Waals surface area contributed by atoms with Gasteiger partial charge in [-0.25, -0.2) is 9.78 Å². The lowest BCUT2D eigenvalue weighted by atomic mass is 10.0. The summed E-state index contributed by atoms with van der Waals surface area (Å²) >= 11 is 1.16. The standard InChI is InChI=1S/C15H23N3O3S/c1-4-21-14(20)13-11(3)16-15(22-13)17-12(19)9-18-8-6-5-7-10(18)2/h10H,4-9H2,1-3H3,(H,16,17,19)/t10-/m0/s1. The fraction of sp³-hybridized carbons (Fsp3) is 0.667. The number of carbonyl (C=O) groups excluding carboxylic acids is 2. The molecule has 1 fully saturated rings. The summed E-state index contributed by atoms with van der Waals surface area (Å²) in [5.74, 6) is -0.472. The van der Waals surface area contributed by atoms with Gasteiger partial charge in [-0.1, -0.05) is 17.8 Å². The largest absolute Gasteiger partial charge is 0.462 e. The van der Waals surface area contributed by atoms with Crippen LogP contribution in [0.2, 0.25) is 0 Å². The van der Waals surface area contributed by atoms with Crippen molar-refractivity contribution < 1.29 is 14.3 Å². The number of nitrogens with zero attached hydrogens (tertiary/aromatic N) is 2. The topological polar surface area (TPSA) is 71.5 Å². The minimum absolute atomic E-state index is 0.0853. The molecular weight excluding hydrogens is 302 g/mol. The third-order valence-corrected chi connectivity index (χ3v) is 4.84. The number of ether oxygens (including phenoxy) is 1. The molecule has 1 amide bonds. The molecule has 1 saturated heterocycles. The summed E-state index contributed by atoms with van der Waals surface area (Å²) in [6.45, 7) is 7.31. The quantitative estimate of drug-likeness (QED) is 0.842. The summed E-state index contributed by atoms with van der Waals surface area (Å²) < 4.78 is 4.97. The summed E-state index contributed by atoms with van der Waals surface area (Å²) in [5, 5.41) is 3.24. The Labute approximate surface area is 134 Å². The van der Waals surface area contributed by atoms with Gasteiger partial charge in [0, 0.05) is 6.04 Å². The summed E-state index contributed by atoms with van der Waals surface area (Å²) in [4.78, 5) is 30.8. The molecular formula is C15H23N3O3S. The Bertz CT molecular complexity index is 544. The van der Waals surface area contributed by atoms with E-state index in [9.17, 15) is 9.59 Å². The lowest BCUT2D eigenvalue weighted by molar-refractivity contribution is -0.118. The second-order valence-corrected chi connectivity index (χ2v) is 6.52. The molecule has 0 radical (unpaired) electrons. The number of thiazole rings is 1. The highest BCUT2D eigenvalue weighted by Gasteiger charge is 2.22. The molecule has 0 aromatic carbocycles. The lowest BCUT2D eigenvalue weighted by Gasteiger charge is -2.32. The molecule has 122 valence electrons. The van der Waals surface area contributed by atoms with Gasteiger partial charge in [-0.15, -0.1) is 0 Å². The minimum atomic E-state index is -0.386. The maximum Gasteiger partial charge on any atom is 0.350 e. The zero-order chi connectivity index (χ0) is 16.1. The Balaban J connectivity index is 1.94. The van der Waals surface area contributed by atoms with Crippen LogP contribution in [-0.4, -0.2) is 47.5 Å². The highest BCUT2D eigenvalue weighted by Crippen LogP contribution is 2.23. The van der Waals surface area contributed by atoms with Crippen molar-refractivity contribution in [3.8, 4) is 0 Å². The highest BCUT2D eigenvalue weighted by atomic mass is 32.1. The van der Waals surface area contributed by atoms with Gasteiger partial charge in [0.1, 0.15) is 4.88 Å². The molecule has 0 spiro atoms. The van der Waals surface area contributed by atoms with E-state index in [2.05, 4.69) is 22.1 Å². The second-order valence-electron chi connectivity index (χ2n) is 5.52. The fourth-order valence-corrected chi connectivity index (χ4v) is 3.45. The molecule has 0 saturated carbocycles. The van der Waals surface area contributed by atoms with Crippen LogP contribution in [0.25, 0.3) is 0 Å². The molecule has 6 nitrogen and oxygen atoms in total. The number of rotatable bonds is 5. The van der Waals surface area contributed by atoms with E-state index in [0.29, 0.717) is 34.9 Å². The third kappa shape index (κ3) is 4.27. The number of hydrogen-bond acceptors (Lipinski definition) is 6. The number of likely N-dealkylation sites (tertiary alicyclic amines) is 1. The minimum Gasteiger partial charge on any atom is -0.462 e. The molecule has 1 aliphatic heterocycles. The summed E-state index contributed by atoms with van der Waals surface area (Å²) in [6.07, 6.45) is 3.51. The van der Waals surface area contributed by atoms with Crippen molar-refractivity contribution in [1.82, 2.24) is 9.88 Å². The number of piperidine rings is 1. The van der Waals surface area contributed by atoms with Crippen LogP contribution in [0.4, 0.5) is 5.13 Å². The average Bonchev–Trinajstić information content (AvgIpc) is 2.82. The Morgan fingerprint density at radius 2 is 2.23 bits per heavy atom. The molecule has 2 heterocycles. The van der Waals surface area contributed by atoms with Crippen molar-refractivity contribution in [2.24, 2.45) is 0 Å². The van der Waals surface area contributed by atoms with Gasteiger partial charge < -0.3 is 10.1 Å². The number of nitrogens with one attached hydrogen (secondary N) is 1. The second kappa shape index (κ2) is 7.69. The molecule has 1 atom stereocenters. The van der Waals surface area contributed by atoms with Gasteiger partial charge in [0.2, 0.25) is 5.91 Å². The van der Waals surface area contributed by atoms with Gasteiger partial charge in [-0.05, 0) is 40.2 Å². The van der Waals surface area contributed by atoms with Crippen LogP contribution in [0.15, 0.2) is 0 Å². The number of aromatic nitrogens is 1. The molecule has 0 unspecified atom stereocenters. The van der Waals surface area contributed by atoms with Gasteiger partial charge in [-0.3, -0.25) is 9.69 Å². The molecule has 0 aliphatic carbocycles. The predicted octanol–water partition coefficient (Wildman–Crippen LogP) is 2.44. The first-order chi connectivity index (χ1) is 10.5. The van der Waals surface area contributed by atoms with Crippen LogP contribution in [0.1, 0.15) is 48.5 Å². The van der Waals surface area contributed by atoms with Gasteiger partial charge in [-0.2, -0.15) is 0 Å². The SMILES string of the molecule is CCOC(=O)c1sc(NC(=O)CN2CCCC[C@@H]2C)nc1C. The van der Waals surface area contributed by atoms with Crippen molar-refractivity contribution in [2.45, 2.75) is 46.1 Å². The van der Waals surface area contributed by atoms with Crippen LogP contribution in [-0.2, 0) is 9.53 Å². The molecule has 2 rings (SSSR count). The van der Waals surface area contributed by atoms with E-state index < -0.39 is 0 Å². The van der Waals surface area contributed by atoms with Gasteiger partial charge >= 0.3 is 5.97 Å². The number of amides is 1. The van der Waals surface area contributed by atoms with E-state index in [4.69, 9.17) is 4.74 Å². The Morgan fingerprint density at radius 1 is 1.45 bits per heavy atom. The normalized spacial score (nSPS) is 19.0. The third-order valence-electron chi connectivity index (χ3n) is 3.79. The van der Waals surface area contributed by atoms with Gasteiger partial charge in [0.25, 0.3) is 0 Å². The fourth-order valence-electron chi connectivity index (χ4n) is 2.57. The van der Waals surface area contributed by atoms with Crippen molar-refractivity contribution in [2.75, 3.05) is 25.0 Å². The first kappa shape index (κ1) is 16.9. The van der Waals surface area contributed by atoms with Crippen LogP contribution in [0.3, 0.4) is 0 Å². The van der Waals surface area contributed by atoms with E-state index in [1.54, 1.807) is 13.8 Å². The number of aryl methyl sites for hydroxylation is 1. The van der Waals surface area contributed by atoms with Gasteiger partial charge in [0.05, 0.1) is 18.8 Å². The van der Waals surface area contributed by atoms with Crippen molar-refractivity contribution in [3.63, 3.8) is 0 Å². The molecule has 1 aliphatic rings. The number of anilines is 1. The predicted molar refractivity (Wildman–Crippen MR) is 86.3 cm³/mol. The Kier molecular flexibility index (Phi) is 5.90. The lowest BCUT2D eigenvalue weighted by Crippen LogP contribution is -2.42. The highest BCUT2D eigenvalue weighted by molar-refractivity contribution is 7.17. The van der Waals surface area contributed by atoms with E-state index >= 15 is 0 Å². The zero-order valence-electron chi connectivity index (χ0n) is 13.3. The van der Waals surface area contributed by atoms with E-state index in [1.165, 1.54) is 6.42 Å². The van der Waals surface area contributed by atoms with Crippen molar-refractivity contribution in [1.29, 1.82) is 0 Å². The molecule has 7 heteroatoms. The number of esters is 1. The van der Waals surface area contributed by atoms with Crippen LogP contribution in [0.5, 0.6) is 0 Å². The summed E-state index contributed by atoms with van der Waals surface area (Å²) in [6, 6.07) is 0.438. The molecule has 1 aromatic rings. The molecule has 0 bridgehead atoms. The zero-order valence-corrected chi connectivity index (χ0v) is 14.2. The molecule has 1 N–H and O–H groups in total. The van der Waals surface area contributed by atoms with E-state index in [0.717, 1.165) is 30.7 Å². The van der Waals surface area contributed by atoms with Crippen LogP contribution < -0.4 is 5.32 Å². The summed E-state index contributed by atoms with van der Waals surface area (Å²) in [7, 11) is 0. The number of hydrogen-bond donors (Lipinski definition) is 1. The van der Waals surface area contributed by atoms with Crippen LogP contribution >= 0.6 is 11.3 Å². The van der Waals surface area contributed by atoms with E-state index in [1.807, 2.05) is 0 Å². The van der Waals surface area contributed by atoms with E-state index in [-0.39, 0.29) is 11.9 Å². The first-order valence-corrected chi connectivity index (χ1v) is 8.51. The maximum absolute atomic E-state index is 12.1.